The van der Waals surface area contributed by atoms with Crippen LogP contribution in [-0.2, 0) is 26.5 Å². The molecule has 4 heteroatoms. The highest BCUT2D eigenvalue weighted by molar-refractivity contribution is 5.88. The topological polar surface area (TPSA) is 63.6 Å². The number of Topliss-reactive ketones (excluding diaryl/α,β-unsaturated/α-hetero) is 1. The number of fused-ring (bicyclic) bond motifs is 1. The van der Waals surface area contributed by atoms with E-state index in [1.807, 2.05) is 91.0 Å². The maximum absolute atomic E-state index is 13.6. The Labute approximate surface area is 198 Å². The predicted molar refractivity (Wildman–Crippen MR) is 131 cm³/mol. The first-order valence-corrected chi connectivity index (χ1v) is 11.5. The Morgan fingerprint density at radius 3 is 2.24 bits per heavy atom. The van der Waals surface area contributed by atoms with Gasteiger partial charge in [0, 0.05) is 18.8 Å². The molecule has 1 aliphatic rings. The Balaban J connectivity index is 1.57. The van der Waals surface area contributed by atoms with Crippen LogP contribution in [0.3, 0.4) is 0 Å². The number of hydrogen-bond acceptors (Lipinski definition) is 4. The summed E-state index contributed by atoms with van der Waals surface area (Å²) in [6, 6.07) is 32.4. The smallest absolute Gasteiger partial charge is 0.313 e. The summed E-state index contributed by atoms with van der Waals surface area (Å²) in [7, 11) is 0. The number of aliphatic hydroxyl groups is 1. The minimum atomic E-state index is -1.65. The van der Waals surface area contributed by atoms with E-state index in [0.717, 1.165) is 21.9 Å². The summed E-state index contributed by atoms with van der Waals surface area (Å²) in [4.78, 5) is 26.6. The lowest BCUT2D eigenvalue weighted by atomic mass is 9.63. The normalized spacial score (nSPS) is 22.4. The van der Waals surface area contributed by atoms with Crippen molar-refractivity contribution in [3.8, 4) is 0 Å². The maximum atomic E-state index is 13.6. The van der Waals surface area contributed by atoms with Crippen molar-refractivity contribution in [3.63, 3.8) is 0 Å². The van der Waals surface area contributed by atoms with Gasteiger partial charge in [-0.25, -0.2) is 0 Å². The van der Waals surface area contributed by atoms with Crippen LogP contribution in [0, 0.1) is 5.92 Å². The van der Waals surface area contributed by atoms with E-state index in [9.17, 15) is 14.7 Å². The van der Waals surface area contributed by atoms with Gasteiger partial charge in [0.2, 0.25) is 0 Å². The molecule has 1 aliphatic carbocycles. The van der Waals surface area contributed by atoms with Gasteiger partial charge in [-0.05, 0) is 27.5 Å². The van der Waals surface area contributed by atoms with Crippen molar-refractivity contribution >= 4 is 22.5 Å². The highest BCUT2D eigenvalue weighted by Crippen LogP contribution is 2.48. The minimum Gasteiger partial charge on any atom is -0.460 e. The molecule has 4 nitrogen and oxygen atoms in total. The van der Waals surface area contributed by atoms with E-state index in [1.165, 1.54) is 0 Å². The van der Waals surface area contributed by atoms with E-state index >= 15 is 0 Å². The van der Waals surface area contributed by atoms with Crippen molar-refractivity contribution < 1.29 is 19.4 Å². The summed E-state index contributed by atoms with van der Waals surface area (Å²) >= 11 is 0. The average molecular weight is 451 g/mol. The summed E-state index contributed by atoms with van der Waals surface area (Å²) in [5.74, 6) is -1.99. The van der Waals surface area contributed by atoms with Crippen molar-refractivity contribution in [2.24, 2.45) is 5.92 Å². The molecule has 4 aromatic rings. The average Bonchev–Trinajstić information content (AvgIpc) is 2.87. The van der Waals surface area contributed by atoms with Crippen molar-refractivity contribution in [3.05, 3.63) is 120 Å². The van der Waals surface area contributed by atoms with Gasteiger partial charge in [0.15, 0.2) is 0 Å². The second kappa shape index (κ2) is 9.24. The van der Waals surface area contributed by atoms with Crippen molar-refractivity contribution in [2.75, 3.05) is 0 Å². The van der Waals surface area contributed by atoms with Crippen LogP contribution in [0.15, 0.2) is 103 Å². The van der Waals surface area contributed by atoms with Gasteiger partial charge in [-0.15, -0.1) is 0 Å². The molecule has 34 heavy (non-hydrogen) atoms. The lowest BCUT2D eigenvalue weighted by Crippen LogP contribution is -2.49. The fourth-order valence-corrected chi connectivity index (χ4v) is 5.11. The largest absolute Gasteiger partial charge is 0.460 e. The summed E-state index contributed by atoms with van der Waals surface area (Å²) in [5.41, 5.74) is 0.618. The second-order valence-electron chi connectivity index (χ2n) is 8.99. The summed E-state index contributed by atoms with van der Waals surface area (Å²) < 4.78 is 5.75. The molecule has 0 aliphatic heterocycles. The third-order valence-electron chi connectivity index (χ3n) is 6.78. The van der Waals surface area contributed by atoms with Crippen LogP contribution in [0.1, 0.15) is 35.4 Å². The zero-order valence-electron chi connectivity index (χ0n) is 18.8. The minimum absolute atomic E-state index is 0.0726. The molecule has 0 radical (unpaired) electrons. The van der Waals surface area contributed by atoms with Crippen molar-refractivity contribution in [2.45, 2.75) is 31.0 Å². The number of carbonyl (C=O) groups is 2. The highest BCUT2D eigenvalue weighted by atomic mass is 16.5. The molecule has 0 saturated heterocycles. The van der Waals surface area contributed by atoms with Crippen LogP contribution in [-0.4, -0.2) is 16.9 Å². The SMILES string of the molecule is O=C1C[C@@H](c2ccc3ccccc3c2)[C@H](C(=O)OCc2ccccc2)[C@@](O)(c2ccccc2)C1. The van der Waals surface area contributed by atoms with Crippen LogP contribution in [0.2, 0.25) is 0 Å². The number of ether oxygens (including phenoxy) is 1. The van der Waals surface area contributed by atoms with Gasteiger partial charge >= 0.3 is 5.97 Å². The van der Waals surface area contributed by atoms with Gasteiger partial charge in [0.05, 0.1) is 5.92 Å². The predicted octanol–water partition coefficient (Wildman–Crippen LogP) is 5.53. The molecule has 1 N–H and O–H groups in total. The molecule has 0 bridgehead atoms. The zero-order chi connectivity index (χ0) is 23.5. The number of benzene rings is 4. The Morgan fingerprint density at radius 2 is 1.50 bits per heavy atom. The lowest BCUT2D eigenvalue weighted by molar-refractivity contribution is -0.169. The van der Waals surface area contributed by atoms with Gasteiger partial charge in [-0.3, -0.25) is 9.59 Å². The molecule has 0 unspecified atom stereocenters. The van der Waals surface area contributed by atoms with Gasteiger partial charge in [0.25, 0.3) is 0 Å². The molecule has 3 atom stereocenters. The highest BCUT2D eigenvalue weighted by Gasteiger charge is 2.53. The fourth-order valence-electron chi connectivity index (χ4n) is 5.11. The maximum Gasteiger partial charge on any atom is 0.313 e. The van der Waals surface area contributed by atoms with Gasteiger partial charge < -0.3 is 9.84 Å². The number of esters is 1. The molecular formula is C30H26O4. The number of rotatable bonds is 5. The summed E-state index contributed by atoms with van der Waals surface area (Å²) in [6.07, 6.45) is 0.0603. The van der Waals surface area contributed by atoms with E-state index < -0.39 is 23.4 Å². The first-order valence-electron chi connectivity index (χ1n) is 11.5. The number of hydrogen-bond donors (Lipinski definition) is 1. The van der Waals surface area contributed by atoms with Crippen LogP contribution in [0.25, 0.3) is 10.8 Å². The van der Waals surface area contributed by atoms with Crippen LogP contribution >= 0.6 is 0 Å². The molecule has 4 aromatic carbocycles. The summed E-state index contributed by atoms with van der Waals surface area (Å²) in [6.45, 7) is 0.111. The van der Waals surface area contributed by atoms with Crippen LogP contribution < -0.4 is 0 Å². The third-order valence-corrected chi connectivity index (χ3v) is 6.78. The first kappa shape index (κ1) is 22.1. The van der Waals surface area contributed by atoms with Crippen LogP contribution in [0.4, 0.5) is 0 Å². The molecule has 1 saturated carbocycles. The third kappa shape index (κ3) is 4.25. The summed E-state index contributed by atoms with van der Waals surface area (Å²) in [5, 5.41) is 14.1. The van der Waals surface area contributed by atoms with E-state index in [4.69, 9.17) is 4.74 Å². The second-order valence-corrected chi connectivity index (χ2v) is 8.99. The molecule has 0 heterocycles. The Hall–Kier alpha value is -3.76. The first-order chi connectivity index (χ1) is 16.5. The molecule has 0 spiro atoms. The van der Waals surface area contributed by atoms with Crippen molar-refractivity contribution in [1.29, 1.82) is 0 Å². The quantitative estimate of drug-likeness (QED) is 0.406. The van der Waals surface area contributed by atoms with E-state index in [-0.39, 0.29) is 25.2 Å². The number of carbonyl (C=O) groups excluding carboxylic acids is 2. The van der Waals surface area contributed by atoms with Crippen molar-refractivity contribution in [1.82, 2.24) is 0 Å². The van der Waals surface area contributed by atoms with E-state index in [1.54, 1.807) is 12.1 Å². The molecular weight excluding hydrogens is 424 g/mol. The van der Waals surface area contributed by atoms with Gasteiger partial charge in [-0.2, -0.15) is 0 Å². The standard InChI is InChI=1S/C30H26O4/c31-26-18-27(24-16-15-22-11-7-8-12-23(22)17-24)28(29(32)34-20-21-9-3-1-4-10-21)30(33,19-26)25-13-5-2-6-14-25/h1-17,27-28,33H,18-20H2/t27-,28+,30-/m0/s1. The molecule has 170 valence electrons. The van der Waals surface area contributed by atoms with E-state index in [2.05, 4.69) is 0 Å². The number of ketones is 1. The Kier molecular flexibility index (Phi) is 5.99. The van der Waals surface area contributed by atoms with Gasteiger partial charge in [0.1, 0.15) is 18.0 Å². The van der Waals surface area contributed by atoms with E-state index in [0.29, 0.717) is 5.56 Å². The Bertz CT molecular complexity index is 1320. The van der Waals surface area contributed by atoms with Crippen LogP contribution in [0.5, 0.6) is 0 Å². The van der Waals surface area contributed by atoms with Gasteiger partial charge in [-0.1, -0.05) is 103 Å². The monoisotopic (exact) mass is 450 g/mol. The fraction of sp³-hybridized carbons (Fsp3) is 0.200. The molecule has 5 rings (SSSR count). The lowest BCUT2D eigenvalue weighted by Gasteiger charge is -2.43. The molecule has 1 fully saturated rings. The molecule has 0 amide bonds. The zero-order valence-corrected chi connectivity index (χ0v) is 18.8. The Morgan fingerprint density at radius 1 is 0.853 bits per heavy atom. The molecule has 0 aromatic heterocycles.